The maximum atomic E-state index is 11.9. The molecule has 0 saturated heterocycles. The summed E-state index contributed by atoms with van der Waals surface area (Å²) < 4.78 is 0. The van der Waals surface area contributed by atoms with Crippen molar-refractivity contribution in [2.24, 2.45) is 0 Å². The third-order valence-corrected chi connectivity index (χ3v) is 2.96. The second-order valence-electron chi connectivity index (χ2n) is 4.72. The number of carbonyl (C=O) groups is 3. The molecule has 9 heteroatoms. The first kappa shape index (κ1) is 17.2. The molecule has 0 aliphatic rings. The van der Waals surface area contributed by atoms with Crippen molar-refractivity contribution in [3.8, 4) is 6.07 Å². The summed E-state index contributed by atoms with van der Waals surface area (Å²) in [7, 11) is 0. The smallest absolute Gasteiger partial charge is 0.317 e. The van der Waals surface area contributed by atoms with E-state index in [1.165, 1.54) is 0 Å². The molecule has 0 fully saturated rings. The van der Waals surface area contributed by atoms with Crippen molar-refractivity contribution in [2.45, 2.75) is 13.8 Å². The molecule has 0 bridgehead atoms. The number of aliphatic carboxylic acids is 2. The summed E-state index contributed by atoms with van der Waals surface area (Å²) >= 11 is 0. The lowest BCUT2D eigenvalue weighted by Gasteiger charge is -2.17. The van der Waals surface area contributed by atoms with Gasteiger partial charge in [-0.15, -0.1) is 0 Å². The molecule has 118 valence electrons. The zero-order valence-electron chi connectivity index (χ0n) is 12.1. The van der Waals surface area contributed by atoms with E-state index >= 15 is 0 Å². The van der Waals surface area contributed by atoms with E-state index in [9.17, 15) is 14.4 Å². The molecule has 0 saturated carbocycles. The number of nitrogens with one attached hydrogen (secondary N) is 2. The fourth-order valence-corrected chi connectivity index (χ4v) is 1.88. The summed E-state index contributed by atoms with van der Waals surface area (Å²) in [6.45, 7) is 1.90. The van der Waals surface area contributed by atoms with Crippen molar-refractivity contribution >= 4 is 23.7 Å². The number of nitriles is 1. The lowest BCUT2D eigenvalue weighted by molar-refractivity contribution is -0.142. The van der Waals surface area contributed by atoms with Gasteiger partial charge >= 0.3 is 11.9 Å². The number of carboxylic acid groups (broad SMARTS) is 2. The van der Waals surface area contributed by atoms with Crippen LogP contribution >= 0.6 is 0 Å². The normalized spacial score (nSPS) is 10.3. The van der Waals surface area contributed by atoms with Crippen LogP contribution in [0.4, 0.5) is 5.82 Å². The number of H-pyrrole nitrogens is 1. The monoisotopic (exact) mass is 308 g/mol. The highest BCUT2D eigenvalue weighted by Gasteiger charge is 2.19. The number of hydrogen-bond acceptors (Lipinski definition) is 5. The van der Waals surface area contributed by atoms with Gasteiger partial charge in [0, 0.05) is 5.69 Å². The molecule has 1 aromatic rings. The largest absolute Gasteiger partial charge is 0.480 e. The number of aromatic nitrogens is 1. The van der Waals surface area contributed by atoms with Crippen LogP contribution in [0, 0.1) is 25.2 Å². The summed E-state index contributed by atoms with van der Waals surface area (Å²) in [4.78, 5) is 37.0. The zero-order chi connectivity index (χ0) is 16.9. The first-order chi connectivity index (χ1) is 10.2. The Labute approximate surface area is 126 Å². The van der Waals surface area contributed by atoms with Gasteiger partial charge in [0.2, 0.25) is 5.91 Å². The van der Waals surface area contributed by atoms with Crippen LogP contribution in [0.25, 0.3) is 0 Å². The number of hydrogen-bond donors (Lipinski definition) is 4. The molecule has 0 aliphatic heterocycles. The fourth-order valence-electron chi connectivity index (χ4n) is 1.88. The Balaban J connectivity index is 2.79. The summed E-state index contributed by atoms with van der Waals surface area (Å²) in [5.41, 5.74) is 1.71. The van der Waals surface area contributed by atoms with Crippen LogP contribution in [0.1, 0.15) is 16.8 Å². The Morgan fingerprint density at radius 2 is 1.73 bits per heavy atom. The summed E-state index contributed by atoms with van der Waals surface area (Å²) in [5.74, 6) is -2.87. The van der Waals surface area contributed by atoms with Gasteiger partial charge in [0.1, 0.15) is 11.9 Å². The van der Waals surface area contributed by atoms with Gasteiger partial charge in [-0.25, -0.2) is 0 Å². The van der Waals surface area contributed by atoms with Crippen molar-refractivity contribution in [2.75, 3.05) is 25.0 Å². The average Bonchev–Trinajstić information content (AvgIpc) is 2.62. The molecule has 22 heavy (non-hydrogen) atoms. The molecule has 1 heterocycles. The zero-order valence-corrected chi connectivity index (χ0v) is 12.1. The van der Waals surface area contributed by atoms with E-state index in [-0.39, 0.29) is 11.4 Å². The molecule has 0 spiro atoms. The van der Waals surface area contributed by atoms with E-state index in [1.807, 2.05) is 6.07 Å². The molecule has 0 atom stereocenters. The molecule has 4 N–H and O–H groups in total. The molecule has 1 aromatic heterocycles. The molecular formula is C13H16N4O5. The Kier molecular flexibility index (Phi) is 5.65. The van der Waals surface area contributed by atoms with Gasteiger partial charge in [0.15, 0.2) is 0 Å². The SMILES string of the molecule is Cc1[nH]c(NC(=O)CN(CC(=O)O)CC(=O)O)c(C#N)c1C. The van der Waals surface area contributed by atoms with Gasteiger partial charge in [-0.1, -0.05) is 0 Å². The molecule has 0 radical (unpaired) electrons. The molecule has 0 aromatic carbocycles. The van der Waals surface area contributed by atoms with E-state index in [0.717, 1.165) is 10.6 Å². The average molecular weight is 308 g/mol. The standard InChI is InChI=1S/C13H16N4O5/c1-7-8(2)15-13(9(7)3-14)16-10(18)4-17(5-11(19)20)6-12(21)22/h15H,4-6H2,1-2H3,(H,16,18)(H,19,20)(H,21,22). The van der Waals surface area contributed by atoms with Gasteiger partial charge in [0.25, 0.3) is 0 Å². The highest BCUT2D eigenvalue weighted by atomic mass is 16.4. The van der Waals surface area contributed by atoms with Gasteiger partial charge in [-0.05, 0) is 19.4 Å². The van der Waals surface area contributed by atoms with Gasteiger partial charge in [-0.3, -0.25) is 19.3 Å². The minimum Gasteiger partial charge on any atom is -0.480 e. The molecule has 9 nitrogen and oxygen atoms in total. The van der Waals surface area contributed by atoms with Crippen molar-refractivity contribution < 1.29 is 24.6 Å². The van der Waals surface area contributed by atoms with E-state index < -0.39 is 37.5 Å². The lowest BCUT2D eigenvalue weighted by Crippen LogP contribution is -2.40. The topological polar surface area (TPSA) is 147 Å². The van der Waals surface area contributed by atoms with E-state index in [2.05, 4.69) is 10.3 Å². The number of carboxylic acids is 2. The van der Waals surface area contributed by atoms with Crippen LogP contribution in [0.15, 0.2) is 0 Å². The van der Waals surface area contributed by atoms with E-state index in [4.69, 9.17) is 15.5 Å². The summed E-state index contributed by atoms with van der Waals surface area (Å²) in [5, 5.41) is 28.9. The number of anilines is 1. The fraction of sp³-hybridized carbons (Fsp3) is 0.385. The van der Waals surface area contributed by atoms with Crippen LogP contribution < -0.4 is 5.32 Å². The number of nitrogens with zero attached hydrogens (tertiary/aromatic N) is 2. The van der Waals surface area contributed by atoms with Gasteiger partial charge in [-0.2, -0.15) is 5.26 Å². The third-order valence-electron chi connectivity index (χ3n) is 2.96. The summed E-state index contributed by atoms with van der Waals surface area (Å²) in [6.07, 6.45) is 0. The molecule has 1 rings (SSSR count). The van der Waals surface area contributed by atoms with Crippen molar-refractivity contribution in [1.82, 2.24) is 9.88 Å². The maximum absolute atomic E-state index is 11.9. The Morgan fingerprint density at radius 1 is 1.18 bits per heavy atom. The van der Waals surface area contributed by atoms with Crippen molar-refractivity contribution in [3.63, 3.8) is 0 Å². The van der Waals surface area contributed by atoms with Gasteiger partial charge < -0.3 is 20.5 Å². The predicted molar refractivity (Wildman–Crippen MR) is 75.3 cm³/mol. The quantitative estimate of drug-likeness (QED) is 0.550. The highest BCUT2D eigenvalue weighted by Crippen LogP contribution is 2.20. The Hall–Kier alpha value is -2.86. The number of aromatic amines is 1. The van der Waals surface area contributed by atoms with Crippen molar-refractivity contribution in [1.29, 1.82) is 5.26 Å². The molecule has 0 aliphatic carbocycles. The lowest BCUT2D eigenvalue weighted by atomic mass is 10.2. The second kappa shape index (κ2) is 7.24. The first-order valence-electron chi connectivity index (χ1n) is 6.29. The predicted octanol–water partition coefficient (Wildman–Crippen LogP) is -0.0871. The number of rotatable bonds is 7. The minimum atomic E-state index is -1.24. The van der Waals surface area contributed by atoms with Crippen molar-refractivity contribution in [3.05, 3.63) is 16.8 Å². The van der Waals surface area contributed by atoms with Crippen LogP contribution in [-0.2, 0) is 14.4 Å². The highest BCUT2D eigenvalue weighted by molar-refractivity contribution is 5.93. The maximum Gasteiger partial charge on any atom is 0.317 e. The Bertz CT molecular complexity index is 628. The molecule has 1 amide bonds. The van der Waals surface area contributed by atoms with Gasteiger partial charge in [0.05, 0.1) is 25.2 Å². The van der Waals surface area contributed by atoms with Crippen LogP contribution in [0.2, 0.25) is 0 Å². The molecular weight excluding hydrogens is 292 g/mol. The van der Waals surface area contributed by atoms with Crippen LogP contribution in [-0.4, -0.2) is 57.6 Å². The Morgan fingerprint density at radius 3 is 2.18 bits per heavy atom. The van der Waals surface area contributed by atoms with Crippen LogP contribution in [0.3, 0.4) is 0 Å². The summed E-state index contributed by atoms with van der Waals surface area (Å²) in [6, 6.07) is 1.96. The van der Waals surface area contributed by atoms with Crippen LogP contribution in [0.5, 0.6) is 0 Å². The number of aryl methyl sites for hydroxylation is 1. The number of carbonyl (C=O) groups excluding carboxylic acids is 1. The van der Waals surface area contributed by atoms with E-state index in [1.54, 1.807) is 13.8 Å². The first-order valence-corrected chi connectivity index (χ1v) is 6.29. The molecule has 0 unspecified atom stereocenters. The third kappa shape index (κ3) is 4.60. The van der Waals surface area contributed by atoms with E-state index in [0.29, 0.717) is 5.56 Å². The second-order valence-corrected chi connectivity index (χ2v) is 4.72. The minimum absolute atomic E-state index is 0.216. The number of amides is 1.